The van der Waals surface area contributed by atoms with E-state index in [9.17, 15) is 22.0 Å². The quantitative estimate of drug-likeness (QED) is 0.804. The molecule has 2 aromatic rings. The molecule has 5 nitrogen and oxygen atoms in total. The highest BCUT2D eigenvalue weighted by atomic mass is 32.2. The van der Waals surface area contributed by atoms with E-state index < -0.39 is 21.7 Å². The van der Waals surface area contributed by atoms with Gasteiger partial charge in [-0.2, -0.15) is 4.31 Å². The summed E-state index contributed by atoms with van der Waals surface area (Å²) >= 11 is 0. The molecule has 1 aliphatic rings. The lowest BCUT2D eigenvalue weighted by Crippen LogP contribution is -2.37. The van der Waals surface area contributed by atoms with Crippen LogP contribution in [0.5, 0.6) is 0 Å². The van der Waals surface area contributed by atoms with Crippen LogP contribution in [-0.4, -0.2) is 49.7 Å². The van der Waals surface area contributed by atoms with Gasteiger partial charge in [-0.05, 0) is 43.7 Å². The van der Waals surface area contributed by atoms with Crippen molar-refractivity contribution in [1.29, 1.82) is 0 Å². The second kappa shape index (κ2) is 7.74. The standard InChI is InChI=1S/C19H20F2N2O3S/c1-14-4-2-5-15(12-14)19(24)22-8-3-9-23(11-10-22)27(25,26)16-6-7-17(20)18(21)13-16/h2,4-7,12-13H,3,8-11H2,1H3. The number of nitrogens with zero attached hydrogens (tertiary/aromatic N) is 2. The summed E-state index contributed by atoms with van der Waals surface area (Å²) in [4.78, 5) is 14.0. The molecule has 0 radical (unpaired) electrons. The molecule has 0 N–H and O–H groups in total. The van der Waals surface area contributed by atoms with Crippen molar-refractivity contribution in [2.75, 3.05) is 26.2 Å². The van der Waals surface area contributed by atoms with Crippen molar-refractivity contribution >= 4 is 15.9 Å². The van der Waals surface area contributed by atoms with Crippen LogP contribution in [0, 0.1) is 18.6 Å². The van der Waals surface area contributed by atoms with Crippen LogP contribution in [-0.2, 0) is 10.0 Å². The predicted octanol–water partition coefficient (Wildman–Crippen LogP) is 2.81. The van der Waals surface area contributed by atoms with Gasteiger partial charge in [-0.3, -0.25) is 4.79 Å². The number of carbonyl (C=O) groups excluding carboxylic acids is 1. The Bertz CT molecular complexity index is 963. The van der Waals surface area contributed by atoms with E-state index in [1.165, 1.54) is 4.31 Å². The molecule has 144 valence electrons. The maximum atomic E-state index is 13.4. The van der Waals surface area contributed by atoms with Gasteiger partial charge in [0.05, 0.1) is 4.90 Å². The molecule has 1 heterocycles. The van der Waals surface area contributed by atoms with Crippen molar-refractivity contribution in [2.45, 2.75) is 18.2 Å². The summed E-state index contributed by atoms with van der Waals surface area (Å²) < 4.78 is 53.2. The van der Waals surface area contributed by atoms with E-state index in [0.29, 0.717) is 24.6 Å². The fraction of sp³-hybridized carbons (Fsp3) is 0.316. The maximum absolute atomic E-state index is 13.4. The van der Waals surface area contributed by atoms with Crippen molar-refractivity contribution in [2.24, 2.45) is 0 Å². The van der Waals surface area contributed by atoms with E-state index in [1.807, 2.05) is 13.0 Å². The average molecular weight is 394 g/mol. The Kier molecular flexibility index (Phi) is 5.57. The molecule has 0 bridgehead atoms. The largest absolute Gasteiger partial charge is 0.337 e. The van der Waals surface area contributed by atoms with E-state index in [-0.39, 0.29) is 30.4 Å². The molecule has 3 rings (SSSR count). The van der Waals surface area contributed by atoms with Crippen LogP contribution in [0.15, 0.2) is 47.4 Å². The Morgan fingerprint density at radius 1 is 0.963 bits per heavy atom. The van der Waals surface area contributed by atoms with Crippen LogP contribution < -0.4 is 0 Å². The molecule has 2 aromatic carbocycles. The number of benzene rings is 2. The normalized spacial score (nSPS) is 16.2. The highest BCUT2D eigenvalue weighted by Crippen LogP contribution is 2.20. The van der Waals surface area contributed by atoms with Gasteiger partial charge in [0.15, 0.2) is 11.6 Å². The van der Waals surface area contributed by atoms with Crippen LogP contribution in [0.25, 0.3) is 0 Å². The van der Waals surface area contributed by atoms with E-state index in [4.69, 9.17) is 0 Å². The van der Waals surface area contributed by atoms with Gasteiger partial charge in [-0.25, -0.2) is 17.2 Å². The van der Waals surface area contributed by atoms with Gasteiger partial charge < -0.3 is 4.90 Å². The Labute approximate surface area is 157 Å². The fourth-order valence-corrected chi connectivity index (χ4v) is 4.57. The summed E-state index contributed by atoms with van der Waals surface area (Å²) in [6, 6.07) is 9.77. The van der Waals surface area contributed by atoms with Crippen LogP contribution in [0.1, 0.15) is 22.3 Å². The molecule has 0 unspecified atom stereocenters. The van der Waals surface area contributed by atoms with Crippen LogP contribution in [0.3, 0.4) is 0 Å². The third kappa shape index (κ3) is 4.17. The van der Waals surface area contributed by atoms with Gasteiger partial charge in [0.25, 0.3) is 5.91 Å². The Morgan fingerprint density at radius 2 is 1.74 bits per heavy atom. The smallest absolute Gasteiger partial charge is 0.253 e. The van der Waals surface area contributed by atoms with Gasteiger partial charge >= 0.3 is 0 Å². The fourth-order valence-electron chi connectivity index (χ4n) is 3.08. The number of aryl methyl sites for hydroxylation is 1. The lowest BCUT2D eigenvalue weighted by molar-refractivity contribution is 0.0764. The number of rotatable bonds is 3. The zero-order valence-corrected chi connectivity index (χ0v) is 15.7. The lowest BCUT2D eigenvalue weighted by atomic mass is 10.1. The minimum atomic E-state index is -3.96. The first-order valence-electron chi connectivity index (χ1n) is 8.60. The molecule has 0 saturated carbocycles. The maximum Gasteiger partial charge on any atom is 0.253 e. The summed E-state index contributed by atoms with van der Waals surface area (Å²) in [7, 11) is -3.96. The van der Waals surface area contributed by atoms with E-state index in [2.05, 4.69) is 0 Å². The summed E-state index contributed by atoms with van der Waals surface area (Å²) in [5.74, 6) is -2.45. The van der Waals surface area contributed by atoms with Gasteiger partial charge in [0.1, 0.15) is 0 Å². The summed E-state index contributed by atoms with van der Waals surface area (Å²) in [5.41, 5.74) is 1.53. The first-order valence-corrected chi connectivity index (χ1v) is 10.0. The monoisotopic (exact) mass is 394 g/mol. The van der Waals surface area contributed by atoms with Crippen molar-refractivity contribution in [3.8, 4) is 0 Å². The summed E-state index contributed by atoms with van der Waals surface area (Å²) in [5, 5.41) is 0. The Morgan fingerprint density at radius 3 is 2.44 bits per heavy atom. The highest BCUT2D eigenvalue weighted by molar-refractivity contribution is 7.89. The number of sulfonamides is 1. The Hall–Kier alpha value is -2.32. The summed E-state index contributed by atoms with van der Waals surface area (Å²) in [6.45, 7) is 2.86. The van der Waals surface area contributed by atoms with Crippen LogP contribution in [0.4, 0.5) is 8.78 Å². The molecule has 0 aromatic heterocycles. The van der Waals surface area contributed by atoms with Gasteiger partial charge in [0, 0.05) is 31.7 Å². The second-order valence-electron chi connectivity index (χ2n) is 6.50. The molecule has 1 saturated heterocycles. The van der Waals surface area contributed by atoms with Crippen molar-refractivity contribution in [1.82, 2.24) is 9.21 Å². The molecule has 0 aliphatic carbocycles. The summed E-state index contributed by atoms with van der Waals surface area (Å²) in [6.07, 6.45) is 0.459. The van der Waals surface area contributed by atoms with Crippen molar-refractivity contribution < 1.29 is 22.0 Å². The number of hydrogen-bond donors (Lipinski definition) is 0. The van der Waals surface area contributed by atoms with Crippen molar-refractivity contribution in [3.63, 3.8) is 0 Å². The first kappa shape index (κ1) is 19.4. The third-order valence-corrected chi connectivity index (χ3v) is 6.43. The molecule has 1 aliphatic heterocycles. The molecule has 0 atom stereocenters. The molecule has 27 heavy (non-hydrogen) atoms. The minimum absolute atomic E-state index is 0.0961. The third-order valence-electron chi connectivity index (χ3n) is 4.54. The molecule has 0 spiro atoms. The molecular weight excluding hydrogens is 374 g/mol. The highest BCUT2D eigenvalue weighted by Gasteiger charge is 2.29. The number of halogens is 2. The zero-order chi connectivity index (χ0) is 19.6. The lowest BCUT2D eigenvalue weighted by Gasteiger charge is -2.22. The van der Waals surface area contributed by atoms with E-state index in [1.54, 1.807) is 23.1 Å². The van der Waals surface area contributed by atoms with Crippen LogP contribution in [0.2, 0.25) is 0 Å². The zero-order valence-electron chi connectivity index (χ0n) is 14.9. The molecule has 1 amide bonds. The second-order valence-corrected chi connectivity index (χ2v) is 8.43. The Balaban J connectivity index is 1.76. The number of amides is 1. The van der Waals surface area contributed by atoms with Gasteiger partial charge in [0.2, 0.25) is 10.0 Å². The van der Waals surface area contributed by atoms with Crippen molar-refractivity contribution in [3.05, 3.63) is 65.2 Å². The minimum Gasteiger partial charge on any atom is -0.337 e. The predicted molar refractivity (Wildman–Crippen MR) is 96.8 cm³/mol. The first-order chi connectivity index (χ1) is 12.8. The SMILES string of the molecule is Cc1cccc(C(=O)N2CCCN(S(=O)(=O)c3ccc(F)c(F)c3)CC2)c1. The van der Waals surface area contributed by atoms with Gasteiger partial charge in [-0.1, -0.05) is 17.7 Å². The van der Waals surface area contributed by atoms with E-state index >= 15 is 0 Å². The average Bonchev–Trinajstić information content (AvgIpc) is 2.90. The number of hydrogen-bond acceptors (Lipinski definition) is 3. The molecule has 1 fully saturated rings. The molecule has 8 heteroatoms. The van der Waals surface area contributed by atoms with Crippen LogP contribution >= 0.6 is 0 Å². The molecular formula is C19H20F2N2O3S. The van der Waals surface area contributed by atoms with E-state index in [0.717, 1.165) is 17.7 Å². The van der Waals surface area contributed by atoms with Gasteiger partial charge in [-0.15, -0.1) is 0 Å². The topological polar surface area (TPSA) is 57.7 Å². The number of carbonyl (C=O) groups is 1.